The van der Waals surface area contributed by atoms with Crippen molar-refractivity contribution in [3.8, 4) is 5.75 Å². The largest absolute Gasteiger partial charge is 0.507 e. The maximum Gasteiger partial charge on any atom is 0.123 e. The predicted molar refractivity (Wildman–Crippen MR) is 66.0 cm³/mol. The molecule has 0 saturated carbocycles. The number of aromatic hydroxyl groups is 1. The number of phenolic OH excluding ortho intramolecular Hbond substituents is 1. The number of hydrogen-bond acceptors (Lipinski definition) is 1. The summed E-state index contributed by atoms with van der Waals surface area (Å²) in [7, 11) is 0. The van der Waals surface area contributed by atoms with Gasteiger partial charge < -0.3 is 5.11 Å². The van der Waals surface area contributed by atoms with Gasteiger partial charge in [0.05, 0.1) is 0 Å². The number of hydrogen-bond donors (Lipinski definition) is 1. The first kappa shape index (κ1) is 11.5. The van der Waals surface area contributed by atoms with Crippen LogP contribution in [0.2, 0.25) is 0 Å². The fourth-order valence-corrected chi connectivity index (χ4v) is 2.29. The quantitative estimate of drug-likeness (QED) is 0.793. The van der Waals surface area contributed by atoms with Gasteiger partial charge in [0.1, 0.15) is 5.75 Å². The number of halogens is 3. The third kappa shape index (κ3) is 2.70. The molecule has 1 rings (SSSR count). The first-order valence-corrected chi connectivity index (χ1v) is 7.11. The summed E-state index contributed by atoms with van der Waals surface area (Å²) >= 11 is 10.1. The molecule has 0 aliphatic rings. The van der Waals surface area contributed by atoms with E-state index in [9.17, 15) is 5.11 Å². The molecule has 0 aliphatic carbocycles. The van der Waals surface area contributed by atoms with Crippen molar-refractivity contribution < 1.29 is 5.11 Å². The Balaban J connectivity index is 3.20. The van der Waals surface area contributed by atoms with Crippen molar-refractivity contribution in [2.45, 2.75) is 16.0 Å². The molecule has 0 unspecified atom stereocenters. The Morgan fingerprint density at radius 2 is 1.38 bits per heavy atom. The van der Waals surface area contributed by atoms with Crippen molar-refractivity contribution in [2.24, 2.45) is 0 Å². The highest BCUT2D eigenvalue weighted by Gasteiger charge is 2.07. The lowest BCUT2D eigenvalue weighted by Crippen LogP contribution is -1.89. The van der Waals surface area contributed by atoms with Crippen LogP contribution in [0.3, 0.4) is 0 Å². The van der Waals surface area contributed by atoms with Gasteiger partial charge in [-0.25, -0.2) is 0 Å². The summed E-state index contributed by atoms with van der Waals surface area (Å²) in [5.41, 5.74) is 3.06. The van der Waals surface area contributed by atoms with Gasteiger partial charge in [0.25, 0.3) is 0 Å². The molecule has 0 saturated heterocycles. The molecule has 0 aromatic heterocycles. The van der Waals surface area contributed by atoms with E-state index in [0.717, 1.165) is 16.5 Å². The van der Waals surface area contributed by atoms with Crippen molar-refractivity contribution in [1.82, 2.24) is 0 Å². The van der Waals surface area contributed by atoms with E-state index in [2.05, 4.69) is 47.8 Å². The van der Waals surface area contributed by atoms with E-state index in [0.29, 0.717) is 16.4 Å². The topological polar surface area (TPSA) is 20.2 Å². The van der Waals surface area contributed by atoms with Gasteiger partial charge in [-0.15, -0.1) is 0 Å². The van der Waals surface area contributed by atoms with Gasteiger partial charge in [-0.1, -0.05) is 59.9 Å². The highest BCUT2D eigenvalue weighted by molar-refractivity contribution is 9.09. The van der Waals surface area contributed by atoms with Crippen LogP contribution in [0.25, 0.3) is 0 Å². The summed E-state index contributed by atoms with van der Waals surface area (Å²) in [6.45, 7) is 0. The molecule has 0 fully saturated rings. The van der Waals surface area contributed by atoms with Gasteiger partial charge in [0, 0.05) is 27.1 Å². The van der Waals surface area contributed by atoms with Crippen LogP contribution in [0.4, 0.5) is 0 Å². The zero-order chi connectivity index (χ0) is 9.84. The van der Waals surface area contributed by atoms with Crippen LogP contribution in [-0.4, -0.2) is 5.11 Å². The van der Waals surface area contributed by atoms with Crippen molar-refractivity contribution in [3.63, 3.8) is 0 Å². The molecule has 0 amide bonds. The first-order valence-electron chi connectivity index (χ1n) is 3.74. The zero-order valence-electron chi connectivity index (χ0n) is 6.86. The van der Waals surface area contributed by atoms with Crippen LogP contribution in [0.15, 0.2) is 12.1 Å². The summed E-state index contributed by atoms with van der Waals surface area (Å²) in [6, 6.07) is 3.98. The fourth-order valence-electron chi connectivity index (χ4n) is 1.11. The molecule has 0 bridgehead atoms. The van der Waals surface area contributed by atoms with Crippen LogP contribution < -0.4 is 0 Å². The maximum atomic E-state index is 9.73. The van der Waals surface area contributed by atoms with Gasteiger partial charge in [-0.2, -0.15) is 0 Å². The molecule has 1 nitrogen and oxygen atoms in total. The second-order valence-corrected chi connectivity index (χ2v) is 4.35. The Kier molecular flexibility index (Phi) is 4.76. The third-order valence-corrected chi connectivity index (χ3v) is 3.63. The van der Waals surface area contributed by atoms with Crippen molar-refractivity contribution in [3.05, 3.63) is 28.8 Å². The Bertz CT molecular complexity index is 274. The average molecular weight is 373 g/mol. The third-order valence-electron chi connectivity index (χ3n) is 1.77. The number of phenols is 1. The Morgan fingerprint density at radius 3 is 1.69 bits per heavy atom. The van der Waals surface area contributed by atoms with Gasteiger partial charge in [0.15, 0.2) is 0 Å². The van der Waals surface area contributed by atoms with Gasteiger partial charge >= 0.3 is 0 Å². The maximum absolute atomic E-state index is 9.73. The molecule has 0 atom stereocenters. The molecule has 13 heavy (non-hydrogen) atoms. The molecule has 0 aliphatic heterocycles. The normalized spacial score (nSPS) is 10.4. The summed E-state index contributed by atoms with van der Waals surface area (Å²) in [4.78, 5) is 0. The van der Waals surface area contributed by atoms with E-state index >= 15 is 0 Å². The number of alkyl halides is 3. The summed E-state index contributed by atoms with van der Waals surface area (Å²) in [5.74, 6) is 0.387. The molecule has 0 spiro atoms. The SMILES string of the molecule is Oc1c(CBr)cc(CBr)cc1CBr. The highest BCUT2D eigenvalue weighted by Crippen LogP contribution is 2.28. The van der Waals surface area contributed by atoms with E-state index in [1.54, 1.807) is 0 Å². The molecule has 4 heteroatoms. The molecule has 1 aromatic carbocycles. The smallest absolute Gasteiger partial charge is 0.123 e. The molecule has 1 N–H and O–H groups in total. The van der Waals surface area contributed by atoms with Gasteiger partial charge in [0.2, 0.25) is 0 Å². The minimum Gasteiger partial charge on any atom is -0.507 e. The van der Waals surface area contributed by atoms with Crippen LogP contribution in [0.1, 0.15) is 16.7 Å². The molecular formula is C9H9Br3O. The van der Waals surface area contributed by atoms with Gasteiger partial charge in [-0.3, -0.25) is 0 Å². The highest BCUT2D eigenvalue weighted by atomic mass is 79.9. The molecule has 0 heterocycles. The monoisotopic (exact) mass is 370 g/mol. The fraction of sp³-hybridized carbons (Fsp3) is 0.333. The lowest BCUT2D eigenvalue weighted by molar-refractivity contribution is 0.466. The minimum absolute atomic E-state index is 0.387. The lowest BCUT2D eigenvalue weighted by atomic mass is 10.1. The first-order chi connectivity index (χ1) is 6.22. The predicted octanol–water partition coefficient (Wildman–Crippen LogP) is 4.08. The van der Waals surface area contributed by atoms with Crippen LogP contribution in [0, 0.1) is 0 Å². The van der Waals surface area contributed by atoms with Crippen LogP contribution in [0.5, 0.6) is 5.75 Å². The van der Waals surface area contributed by atoms with Crippen LogP contribution in [-0.2, 0) is 16.0 Å². The van der Waals surface area contributed by atoms with E-state index in [4.69, 9.17) is 0 Å². The summed E-state index contributed by atoms with van der Waals surface area (Å²) in [5, 5.41) is 11.9. The second-order valence-electron chi connectivity index (χ2n) is 2.66. The zero-order valence-corrected chi connectivity index (χ0v) is 11.6. The van der Waals surface area contributed by atoms with Crippen LogP contribution >= 0.6 is 47.8 Å². The van der Waals surface area contributed by atoms with Crippen molar-refractivity contribution in [2.75, 3.05) is 0 Å². The van der Waals surface area contributed by atoms with E-state index in [1.165, 1.54) is 5.56 Å². The lowest BCUT2D eigenvalue weighted by Gasteiger charge is -2.08. The van der Waals surface area contributed by atoms with Crippen molar-refractivity contribution in [1.29, 1.82) is 0 Å². The molecular weight excluding hydrogens is 364 g/mol. The Hall–Kier alpha value is 0.460. The summed E-state index contributed by atoms with van der Waals surface area (Å²) in [6.07, 6.45) is 0. The minimum atomic E-state index is 0.387. The van der Waals surface area contributed by atoms with Gasteiger partial charge in [-0.05, 0) is 5.56 Å². The number of benzene rings is 1. The Labute approximate surface area is 103 Å². The number of rotatable bonds is 3. The molecule has 72 valence electrons. The van der Waals surface area contributed by atoms with E-state index in [-0.39, 0.29) is 0 Å². The Morgan fingerprint density at radius 1 is 0.923 bits per heavy atom. The standard InChI is InChI=1S/C9H9Br3O/c10-3-6-1-7(4-11)9(13)8(2-6)5-12/h1-2,13H,3-5H2. The average Bonchev–Trinajstić information content (AvgIpc) is 2.18. The van der Waals surface area contributed by atoms with Crippen molar-refractivity contribution >= 4 is 47.8 Å². The molecule has 0 radical (unpaired) electrons. The van der Waals surface area contributed by atoms with E-state index < -0.39 is 0 Å². The second kappa shape index (κ2) is 5.37. The molecule has 1 aromatic rings. The van der Waals surface area contributed by atoms with E-state index in [1.807, 2.05) is 12.1 Å². The summed E-state index contributed by atoms with van der Waals surface area (Å²) < 4.78 is 0.